The lowest BCUT2D eigenvalue weighted by Gasteiger charge is -2.15. The van der Waals surface area contributed by atoms with Crippen molar-refractivity contribution in [1.82, 2.24) is 0 Å². The van der Waals surface area contributed by atoms with E-state index in [1.54, 1.807) is 0 Å². The van der Waals surface area contributed by atoms with Crippen LogP contribution < -0.4 is 0 Å². The minimum absolute atomic E-state index is 0.0641. The molecule has 1 unspecified atom stereocenters. The fraction of sp³-hybridized carbons (Fsp3) is 0.878. The molecule has 1 N–H and O–H groups in total. The summed E-state index contributed by atoms with van der Waals surface area (Å²) in [4.78, 5) is 24.4. The van der Waals surface area contributed by atoms with E-state index in [0.29, 0.717) is 12.8 Å². The van der Waals surface area contributed by atoms with Crippen LogP contribution in [0.15, 0.2) is 24.3 Å². The van der Waals surface area contributed by atoms with Gasteiger partial charge in [-0.1, -0.05) is 224 Å². The molecule has 5 nitrogen and oxygen atoms in total. The minimum Gasteiger partial charge on any atom is -0.462 e. The summed E-state index contributed by atoms with van der Waals surface area (Å²) >= 11 is 0. The zero-order valence-corrected chi connectivity index (χ0v) is 36.3. The number of allylic oxidation sites excluding steroid dienone is 4. The highest BCUT2D eigenvalue weighted by atomic mass is 16.6. The molecule has 0 aromatic heterocycles. The minimum atomic E-state index is -0.772. The van der Waals surface area contributed by atoms with Crippen molar-refractivity contribution >= 4 is 11.9 Å². The smallest absolute Gasteiger partial charge is 0.306 e. The van der Waals surface area contributed by atoms with E-state index in [-0.39, 0.29) is 25.2 Å². The van der Waals surface area contributed by atoms with Gasteiger partial charge in [-0.15, -0.1) is 0 Å². The van der Waals surface area contributed by atoms with E-state index in [9.17, 15) is 14.7 Å². The normalized spacial score (nSPS) is 12.3. The van der Waals surface area contributed by atoms with Gasteiger partial charge in [0.25, 0.3) is 0 Å². The van der Waals surface area contributed by atoms with Crippen LogP contribution in [0.5, 0.6) is 0 Å². The summed E-state index contributed by atoms with van der Waals surface area (Å²) < 4.78 is 10.7. The maximum Gasteiger partial charge on any atom is 0.306 e. The third kappa shape index (κ3) is 43.1. The third-order valence-electron chi connectivity index (χ3n) is 10.7. The van der Waals surface area contributed by atoms with E-state index in [0.717, 1.165) is 51.4 Å². The Morgan fingerprint density at radius 2 is 0.741 bits per heavy atom. The molecule has 318 valence electrons. The standard InChI is InChI=1S/C49H92O5/c1-3-5-7-9-11-13-15-17-19-21-23-24-25-26-28-29-31-33-35-37-39-41-43-48(51)53-46-47(45-50)54-49(52)44-42-40-38-36-34-32-30-27-22-20-18-16-14-12-10-8-6-4-2/h14,16,20,22,47,50H,3-13,15,17-19,21,23-46H2,1-2H3/b16-14-,22-20-. The number of aliphatic hydroxyl groups is 1. The first kappa shape index (κ1) is 52.4. The van der Waals surface area contributed by atoms with Crippen LogP contribution in [0.3, 0.4) is 0 Å². The Bertz CT molecular complexity index is 821. The van der Waals surface area contributed by atoms with Crippen LogP contribution in [0.25, 0.3) is 0 Å². The van der Waals surface area contributed by atoms with Gasteiger partial charge in [-0.2, -0.15) is 0 Å². The molecule has 0 aliphatic carbocycles. The number of carbonyl (C=O) groups is 2. The largest absolute Gasteiger partial charge is 0.462 e. The Kier molecular flexibility index (Phi) is 44.4. The molecule has 0 spiro atoms. The topological polar surface area (TPSA) is 72.8 Å². The number of carbonyl (C=O) groups excluding carboxylic acids is 2. The van der Waals surface area contributed by atoms with E-state index in [1.807, 2.05) is 0 Å². The lowest BCUT2D eigenvalue weighted by molar-refractivity contribution is -0.161. The summed E-state index contributed by atoms with van der Waals surface area (Å²) in [7, 11) is 0. The molecule has 0 rings (SSSR count). The molecule has 1 atom stereocenters. The lowest BCUT2D eigenvalue weighted by atomic mass is 10.0. The predicted molar refractivity (Wildman–Crippen MR) is 233 cm³/mol. The zero-order chi connectivity index (χ0) is 39.3. The van der Waals surface area contributed by atoms with Crippen molar-refractivity contribution in [3.05, 3.63) is 24.3 Å². The van der Waals surface area contributed by atoms with Crippen molar-refractivity contribution < 1.29 is 24.2 Å². The Morgan fingerprint density at radius 3 is 1.11 bits per heavy atom. The number of hydrogen-bond acceptors (Lipinski definition) is 5. The number of rotatable bonds is 44. The average molecular weight is 761 g/mol. The van der Waals surface area contributed by atoms with Crippen LogP contribution in [0.4, 0.5) is 0 Å². The molecule has 0 saturated carbocycles. The summed E-state index contributed by atoms with van der Waals surface area (Å²) in [5, 5.41) is 9.60. The molecule has 0 aliphatic rings. The SMILES string of the molecule is CCCCCC/C=C\C/C=C\CCCCCCCCCC(=O)OC(CO)COC(=O)CCCCCCCCCCCCCCCCCCCCCCCC. The van der Waals surface area contributed by atoms with E-state index in [2.05, 4.69) is 38.2 Å². The molecular formula is C49H92O5. The molecule has 0 aromatic carbocycles. The van der Waals surface area contributed by atoms with Crippen LogP contribution in [0, 0.1) is 0 Å². The summed E-state index contributed by atoms with van der Waals surface area (Å²) in [6.07, 6.45) is 55.5. The number of aliphatic hydroxyl groups excluding tert-OH is 1. The quantitative estimate of drug-likeness (QED) is 0.0380. The second-order valence-corrected chi connectivity index (χ2v) is 16.2. The fourth-order valence-electron chi connectivity index (χ4n) is 7.12. The molecule has 0 fully saturated rings. The molecule has 0 aromatic rings. The first-order valence-electron chi connectivity index (χ1n) is 23.9. The maximum atomic E-state index is 12.2. The molecule has 0 radical (unpaired) electrons. The Balaban J connectivity index is 3.48. The van der Waals surface area contributed by atoms with Crippen molar-refractivity contribution in [2.24, 2.45) is 0 Å². The monoisotopic (exact) mass is 761 g/mol. The Hall–Kier alpha value is -1.62. The molecule has 0 heterocycles. The molecule has 5 heteroatoms. The highest BCUT2D eigenvalue weighted by molar-refractivity contribution is 5.70. The van der Waals surface area contributed by atoms with Crippen LogP contribution in [-0.2, 0) is 19.1 Å². The van der Waals surface area contributed by atoms with Crippen molar-refractivity contribution in [1.29, 1.82) is 0 Å². The number of unbranched alkanes of at least 4 members (excludes halogenated alkanes) is 32. The summed E-state index contributed by atoms with van der Waals surface area (Å²) in [5.74, 6) is -0.586. The third-order valence-corrected chi connectivity index (χ3v) is 10.7. The van der Waals surface area contributed by atoms with Gasteiger partial charge < -0.3 is 14.6 Å². The van der Waals surface area contributed by atoms with Gasteiger partial charge in [-0.25, -0.2) is 0 Å². The van der Waals surface area contributed by atoms with Gasteiger partial charge in [-0.05, 0) is 44.9 Å². The molecule has 0 amide bonds. The van der Waals surface area contributed by atoms with Gasteiger partial charge in [0, 0.05) is 12.8 Å². The lowest BCUT2D eigenvalue weighted by Crippen LogP contribution is -2.28. The van der Waals surface area contributed by atoms with Gasteiger partial charge in [0.05, 0.1) is 6.61 Å². The fourth-order valence-corrected chi connectivity index (χ4v) is 7.12. The van der Waals surface area contributed by atoms with E-state index < -0.39 is 6.10 Å². The zero-order valence-electron chi connectivity index (χ0n) is 36.3. The number of ether oxygens (including phenoxy) is 2. The summed E-state index contributed by atoms with van der Waals surface area (Å²) in [6.45, 7) is 4.15. The maximum absolute atomic E-state index is 12.2. The summed E-state index contributed by atoms with van der Waals surface area (Å²) in [5.41, 5.74) is 0. The van der Waals surface area contributed by atoms with Crippen molar-refractivity contribution in [3.63, 3.8) is 0 Å². The van der Waals surface area contributed by atoms with Crippen LogP contribution in [0.1, 0.15) is 258 Å². The Labute approximate surface area is 336 Å². The molecule has 0 aliphatic heterocycles. The van der Waals surface area contributed by atoms with Gasteiger partial charge in [0.15, 0.2) is 6.10 Å². The van der Waals surface area contributed by atoms with Gasteiger partial charge in [-0.3, -0.25) is 9.59 Å². The molecule has 54 heavy (non-hydrogen) atoms. The number of hydrogen-bond donors (Lipinski definition) is 1. The van der Waals surface area contributed by atoms with Crippen molar-refractivity contribution in [2.75, 3.05) is 13.2 Å². The van der Waals surface area contributed by atoms with Crippen molar-refractivity contribution in [2.45, 2.75) is 264 Å². The Morgan fingerprint density at radius 1 is 0.426 bits per heavy atom. The highest BCUT2D eigenvalue weighted by Gasteiger charge is 2.16. The predicted octanol–water partition coefficient (Wildman–Crippen LogP) is 15.4. The number of esters is 2. The average Bonchev–Trinajstić information content (AvgIpc) is 3.17. The molecule has 0 saturated heterocycles. The highest BCUT2D eigenvalue weighted by Crippen LogP contribution is 2.16. The van der Waals surface area contributed by atoms with Crippen LogP contribution in [-0.4, -0.2) is 36.4 Å². The summed E-state index contributed by atoms with van der Waals surface area (Å²) in [6, 6.07) is 0. The first-order valence-corrected chi connectivity index (χ1v) is 23.9. The second kappa shape index (κ2) is 45.8. The van der Waals surface area contributed by atoms with E-state index >= 15 is 0 Å². The van der Waals surface area contributed by atoms with Crippen LogP contribution >= 0.6 is 0 Å². The van der Waals surface area contributed by atoms with Crippen LogP contribution in [0.2, 0.25) is 0 Å². The first-order chi connectivity index (χ1) is 26.6. The van der Waals surface area contributed by atoms with E-state index in [1.165, 1.54) is 180 Å². The molecule has 0 bridgehead atoms. The molecular weight excluding hydrogens is 669 g/mol. The van der Waals surface area contributed by atoms with Gasteiger partial charge >= 0.3 is 11.9 Å². The van der Waals surface area contributed by atoms with E-state index in [4.69, 9.17) is 9.47 Å². The van der Waals surface area contributed by atoms with Crippen molar-refractivity contribution in [3.8, 4) is 0 Å². The second-order valence-electron chi connectivity index (χ2n) is 16.2. The van der Waals surface area contributed by atoms with Gasteiger partial charge in [0.1, 0.15) is 6.61 Å². The van der Waals surface area contributed by atoms with Gasteiger partial charge in [0.2, 0.25) is 0 Å².